The summed E-state index contributed by atoms with van der Waals surface area (Å²) in [7, 11) is 1.94. The topological polar surface area (TPSA) is 42.7 Å². The van der Waals surface area contributed by atoms with Gasteiger partial charge in [-0.05, 0) is 50.0 Å². The first-order valence-electron chi connectivity index (χ1n) is 7.68. The molecule has 4 nitrogen and oxygen atoms in total. The molecule has 0 amide bonds. The second kappa shape index (κ2) is 6.51. The SMILES string of the molecule is CCNC1CCC(C(C)C)CC1Cc1cn(C)nn1. The molecular weight excluding hydrogens is 236 g/mol. The van der Waals surface area contributed by atoms with Crippen LogP contribution in [0.1, 0.15) is 45.7 Å². The van der Waals surface area contributed by atoms with Gasteiger partial charge in [0.05, 0.1) is 5.69 Å². The van der Waals surface area contributed by atoms with Gasteiger partial charge in [0.25, 0.3) is 0 Å². The van der Waals surface area contributed by atoms with Gasteiger partial charge >= 0.3 is 0 Å². The maximum absolute atomic E-state index is 4.26. The second-order valence-corrected chi connectivity index (χ2v) is 6.33. The van der Waals surface area contributed by atoms with Crippen LogP contribution in [-0.4, -0.2) is 27.6 Å². The molecule has 3 atom stereocenters. The predicted molar refractivity (Wildman–Crippen MR) is 77.8 cm³/mol. The van der Waals surface area contributed by atoms with Gasteiger partial charge in [-0.15, -0.1) is 5.10 Å². The zero-order valence-corrected chi connectivity index (χ0v) is 12.8. The predicted octanol–water partition coefficient (Wildman–Crippen LogP) is 2.41. The molecule has 1 aromatic rings. The molecule has 0 radical (unpaired) electrons. The van der Waals surface area contributed by atoms with Crippen molar-refractivity contribution in [2.45, 2.75) is 52.5 Å². The summed E-state index contributed by atoms with van der Waals surface area (Å²) in [5.74, 6) is 2.38. The molecule has 1 saturated carbocycles. The van der Waals surface area contributed by atoms with Gasteiger partial charge in [0.2, 0.25) is 0 Å². The normalized spacial score (nSPS) is 27.9. The highest BCUT2D eigenvalue weighted by Gasteiger charge is 2.31. The molecule has 2 rings (SSSR count). The smallest absolute Gasteiger partial charge is 0.0830 e. The van der Waals surface area contributed by atoms with E-state index in [0.717, 1.165) is 30.5 Å². The first kappa shape index (κ1) is 14.5. The van der Waals surface area contributed by atoms with Crippen molar-refractivity contribution in [2.75, 3.05) is 6.54 Å². The Balaban J connectivity index is 2.02. The lowest BCUT2D eigenvalue weighted by atomic mass is 9.72. The summed E-state index contributed by atoms with van der Waals surface area (Å²) in [6.45, 7) is 7.98. The van der Waals surface area contributed by atoms with Crippen LogP contribution in [0, 0.1) is 17.8 Å². The standard InChI is InChI=1S/C15H28N4/c1-5-16-15-7-6-12(11(2)3)8-13(15)9-14-10-19(4)18-17-14/h10-13,15-16H,5-9H2,1-4H3. The van der Waals surface area contributed by atoms with Crippen molar-refractivity contribution >= 4 is 0 Å². The number of hydrogen-bond donors (Lipinski definition) is 1. The Hall–Kier alpha value is -0.900. The van der Waals surface area contributed by atoms with Crippen LogP contribution in [0.15, 0.2) is 6.20 Å². The van der Waals surface area contributed by atoms with Gasteiger partial charge in [0.1, 0.15) is 0 Å². The fourth-order valence-electron chi connectivity index (χ4n) is 3.42. The Morgan fingerprint density at radius 2 is 2.21 bits per heavy atom. The molecule has 1 fully saturated rings. The van der Waals surface area contributed by atoms with Crippen molar-refractivity contribution in [1.82, 2.24) is 20.3 Å². The van der Waals surface area contributed by atoms with E-state index in [1.165, 1.54) is 19.3 Å². The molecule has 0 spiro atoms. The third-order valence-corrected chi connectivity index (χ3v) is 4.55. The number of nitrogens with one attached hydrogen (secondary N) is 1. The lowest BCUT2D eigenvalue weighted by molar-refractivity contribution is 0.168. The third-order valence-electron chi connectivity index (χ3n) is 4.55. The highest BCUT2D eigenvalue weighted by Crippen LogP contribution is 2.35. The first-order chi connectivity index (χ1) is 9.10. The van der Waals surface area contributed by atoms with Crippen molar-refractivity contribution in [2.24, 2.45) is 24.8 Å². The van der Waals surface area contributed by atoms with Crippen LogP contribution < -0.4 is 5.32 Å². The summed E-state index contributed by atoms with van der Waals surface area (Å²) >= 11 is 0. The van der Waals surface area contributed by atoms with Crippen molar-refractivity contribution in [3.05, 3.63) is 11.9 Å². The maximum Gasteiger partial charge on any atom is 0.0830 e. The van der Waals surface area contributed by atoms with Gasteiger partial charge in [0.15, 0.2) is 0 Å². The highest BCUT2D eigenvalue weighted by atomic mass is 15.4. The van der Waals surface area contributed by atoms with Crippen LogP contribution in [0.4, 0.5) is 0 Å². The fraction of sp³-hybridized carbons (Fsp3) is 0.867. The maximum atomic E-state index is 4.26. The van der Waals surface area contributed by atoms with E-state index in [0.29, 0.717) is 12.0 Å². The van der Waals surface area contributed by atoms with E-state index in [1.807, 2.05) is 7.05 Å². The van der Waals surface area contributed by atoms with Crippen molar-refractivity contribution in [1.29, 1.82) is 0 Å². The van der Waals surface area contributed by atoms with E-state index in [2.05, 4.69) is 42.6 Å². The Kier molecular flexibility index (Phi) is 4.97. The minimum absolute atomic E-state index is 0.655. The Morgan fingerprint density at radius 3 is 2.79 bits per heavy atom. The van der Waals surface area contributed by atoms with E-state index in [1.54, 1.807) is 4.68 Å². The van der Waals surface area contributed by atoms with Crippen LogP contribution in [0.2, 0.25) is 0 Å². The molecule has 1 aromatic heterocycles. The summed E-state index contributed by atoms with van der Waals surface area (Å²) in [6.07, 6.45) is 7.12. The Morgan fingerprint density at radius 1 is 1.42 bits per heavy atom. The third kappa shape index (κ3) is 3.78. The summed E-state index contributed by atoms with van der Waals surface area (Å²) in [6, 6.07) is 0.655. The minimum Gasteiger partial charge on any atom is -0.314 e. The zero-order chi connectivity index (χ0) is 13.8. The van der Waals surface area contributed by atoms with Crippen LogP contribution in [-0.2, 0) is 13.5 Å². The molecule has 1 heterocycles. The van der Waals surface area contributed by atoms with Crippen LogP contribution >= 0.6 is 0 Å². The number of rotatable bonds is 5. The molecular formula is C15H28N4. The molecule has 0 aliphatic heterocycles. The first-order valence-corrected chi connectivity index (χ1v) is 7.68. The molecule has 0 saturated heterocycles. The van der Waals surface area contributed by atoms with Gasteiger partial charge in [0, 0.05) is 19.3 Å². The van der Waals surface area contributed by atoms with E-state index in [9.17, 15) is 0 Å². The largest absolute Gasteiger partial charge is 0.314 e. The van der Waals surface area contributed by atoms with Crippen molar-refractivity contribution in [3.63, 3.8) is 0 Å². The Bertz CT molecular complexity index is 385. The van der Waals surface area contributed by atoms with Crippen LogP contribution in [0.25, 0.3) is 0 Å². The molecule has 1 N–H and O–H groups in total. The molecule has 108 valence electrons. The van der Waals surface area contributed by atoms with Crippen molar-refractivity contribution in [3.8, 4) is 0 Å². The molecule has 19 heavy (non-hydrogen) atoms. The molecule has 3 unspecified atom stereocenters. The molecule has 0 aromatic carbocycles. The molecule has 4 heteroatoms. The second-order valence-electron chi connectivity index (χ2n) is 6.33. The Labute approximate surface area is 117 Å². The lowest BCUT2D eigenvalue weighted by Gasteiger charge is -2.38. The van der Waals surface area contributed by atoms with E-state index < -0.39 is 0 Å². The number of nitrogens with zero attached hydrogens (tertiary/aromatic N) is 3. The number of hydrogen-bond acceptors (Lipinski definition) is 3. The fourth-order valence-corrected chi connectivity index (χ4v) is 3.42. The lowest BCUT2D eigenvalue weighted by Crippen LogP contribution is -2.42. The van der Waals surface area contributed by atoms with Gasteiger partial charge in [-0.1, -0.05) is 26.0 Å². The zero-order valence-electron chi connectivity index (χ0n) is 12.8. The van der Waals surface area contributed by atoms with Gasteiger partial charge in [-0.25, -0.2) is 0 Å². The molecule has 1 aliphatic carbocycles. The monoisotopic (exact) mass is 264 g/mol. The van der Waals surface area contributed by atoms with Crippen LogP contribution in [0.3, 0.4) is 0 Å². The minimum atomic E-state index is 0.655. The number of aryl methyl sites for hydroxylation is 1. The average molecular weight is 264 g/mol. The van der Waals surface area contributed by atoms with E-state index in [-0.39, 0.29) is 0 Å². The van der Waals surface area contributed by atoms with Gasteiger partial charge < -0.3 is 5.32 Å². The summed E-state index contributed by atoms with van der Waals surface area (Å²) in [5.41, 5.74) is 1.14. The van der Waals surface area contributed by atoms with Gasteiger partial charge in [-0.2, -0.15) is 0 Å². The van der Waals surface area contributed by atoms with Gasteiger partial charge in [-0.3, -0.25) is 4.68 Å². The number of aromatic nitrogens is 3. The quantitative estimate of drug-likeness (QED) is 0.888. The van der Waals surface area contributed by atoms with Crippen molar-refractivity contribution < 1.29 is 0 Å². The molecule has 0 bridgehead atoms. The highest BCUT2D eigenvalue weighted by molar-refractivity contribution is 4.98. The average Bonchev–Trinajstić information content (AvgIpc) is 2.77. The van der Waals surface area contributed by atoms with E-state index >= 15 is 0 Å². The summed E-state index contributed by atoms with van der Waals surface area (Å²) in [5, 5.41) is 12.0. The molecule has 1 aliphatic rings. The summed E-state index contributed by atoms with van der Waals surface area (Å²) < 4.78 is 1.81. The van der Waals surface area contributed by atoms with E-state index in [4.69, 9.17) is 0 Å². The van der Waals surface area contributed by atoms with Crippen LogP contribution in [0.5, 0.6) is 0 Å². The summed E-state index contributed by atoms with van der Waals surface area (Å²) in [4.78, 5) is 0.